The highest BCUT2D eigenvalue weighted by atomic mass is 35.5. The Balaban J connectivity index is 1.34. The van der Waals surface area contributed by atoms with E-state index in [2.05, 4.69) is 10.6 Å². The van der Waals surface area contributed by atoms with E-state index in [1.807, 2.05) is 37.3 Å². The van der Waals surface area contributed by atoms with Crippen LogP contribution in [0.1, 0.15) is 72.0 Å². The number of hydrogen-bond acceptors (Lipinski definition) is 5. The fourth-order valence-electron chi connectivity index (χ4n) is 6.97. The van der Waals surface area contributed by atoms with Crippen molar-refractivity contribution in [3.05, 3.63) is 81.4 Å². The molecule has 3 atom stereocenters. The highest BCUT2D eigenvalue weighted by Crippen LogP contribution is 2.58. The second-order valence-electron chi connectivity index (χ2n) is 12.4. The van der Waals surface area contributed by atoms with Gasteiger partial charge in [0, 0.05) is 60.3 Å². The highest BCUT2D eigenvalue weighted by Gasteiger charge is 2.52. The van der Waals surface area contributed by atoms with Gasteiger partial charge in [-0.25, -0.2) is 8.78 Å². The molecule has 42 heavy (non-hydrogen) atoms. The highest BCUT2D eigenvalue weighted by molar-refractivity contribution is 6.34. The van der Waals surface area contributed by atoms with Gasteiger partial charge >= 0.3 is 0 Å². The van der Waals surface area contributed by atoms with Crippen LogP contribution >= 0.6 is 11.6 Å². The van der Waals surface area contributed by atoms with Crippen molar-refractivity contribution in [3.8, 4) is 22.6 Å². The van der Waals surface area contributed by atoms with Gasteiger partial charge < -0.3 is 25.2 Å². The maximum absolute atomic E-state index is 16.5. The van der Waals surface area contributed by atoms with E-state index in [4.69, 9.17) is 21.1 Å². The molecular weight excluding hydrogens is 562 g/mol. The Morgan fingerprint density at radius 1 is 1.12 bits per heavy atom. The molecule has 1 amide bonds. The summed E-state index contributed by atoms with van der Waals surface area (Å²) in [5.74, 6) is -1.33. The number of fused-ring (bicyclic) bond motifs is 4. The van der Waals surface area contributed by atoms with E-state index >= 15 is 8.78 Å². The van der Waals surface area contributed by atoms with Gasteiger partial charge in [0.05, 0.1) is 16.2 Å². The van der Waals surface area contributed by atoms with Crippen LogP contribution in [0.2, 0.25) is 5.02 Å². The molecule has 2 saturated carbocycles. The number of rotatable bonds is 6. The molecule has 0 aromatic heterocycles. The van der Waals surface area contributed by atoms with E-state index in [9.17, 15) is 9.90 Å². The van der Waals surface area contributed by atoms with Crippen molar-refractivity contribution in [3.63, 3.8) is 0 Å². The summed E-state index contributed by atoms with van der Waals surface area (Å²) in [4.78, 5) is 13.1. The molecule has 0 saturated heterocycles. The van der Waals surface area contributed by atoms with Gasteiger partial charge in [0.1, 0.15) is 29.2 Å². The van der Waals surface area contributed by atoms with Crippen LogP contribution in [0.4, 0.5) is 8.78 Å². The number of aliphatic hydroxyl groups is 1. The largest absolute Gasteiger partial charge is 0.489 e. The van der Waals surface area contributed by atoms with Crippen LogP contribution in [0.3, 0.4) is 0 Å². The van der Waals surface area contributed by atoms with Crippen molar-refractivity contribution in [1.82, 2.24) is 10.6 Å². The van der Waals surface area contributed by atoms with Crippen LogP contribution < -0.4 is 20.1 Å². The standard InChI is InChI=1S/C33H33ClF2N2O4/c1-32(40)10-8-18(9-11-32)38-16-33(17-6-4-3-5-7-17)15-21-24(42-33)14-22(35)29(34)27(21)28-20(31(39)37-2)13-25-26(30(28)36)19-12-23(19)41-25/h3-7,13-14,18-19,23,38,40H,8-12,15-16H2,1-2H3,(H,37,39)/t18?,19?,23?,32?,33-/m1/s1. The predicted octanol–water partition coefficient (Wildman–Crippen LogP) is 6.01. The average molecular weight is 595 g/mol. The van der Waals surface area contributed by atoms with E-state index in [0.29, 0.717) is 42.7 Å². The van der Waals surface area contributed by atoms with Crippen LogP contribution in [0, 0.1) is 11.6 Å². The summed E-state index contributed by atoms with van der Waals surface area (Å²) in [6.07, 6.45) is 3.92. The molecular formula is C33H33ClF2N2O4. The normalized spacial score (nSPS) is 28.8. The van der Waals surface area contributed by atoms with Gasteiger partial charge in [-0.15, -0.1) is 0 Å². The van der Waals surface area contributed by atoms with Crippen LogP contribution in [0.15, 0.2) is 42.5 Å². The lowest BCUT2D eigenvalue weighted by Crippen LogP contribution is -2.48. The lowest BCUT2D eigenvalue weighted by atomic mass is 9.82. The summed E-state index contributed by atoms with van der Waals surface area (Å²) in [6, 6.07) is 12.7. The Kier molecular flexibility index (Phi) is 6.53. The minimum Gasteiger partial charge on any atom is -0.489 e. The first-order valence-corrected chi connectivity index (χ1v) is 15.0. The molecule has 3 aromatic rings. The third-order valence-electron chi connectivity index (χ3n) is 9.46. The van der Waals surface area contributed by atoms with Gasteiger partial charge in [0.25, 0.3) is 5.91 Å². The van der Waals surface area contributed by atoms with Crippen LogP contribution in [-0.2, 0) is 12.0 Å². The van der Waals surface area contributed by atoms with E-state index in [-0.39, 0.29) is 51.9 Å². The Labute approximate surface area is 248 Å². The maximum atomic E-state index is 16.5. The SMILES string of the molecule is CNC(=O)c1cc2c(c(F)c1-c1c(Cl)c(F)cc3c1C[C@@](CNC1CCC(C)(O)CC1)(c1ccccc1)O3)C1CC1O2. The zero-order chi connectivity index (χ0) is 29.4. The zero-order valence-corrected chi connectivity index (χ0v) is 24.3. The molecule has 0 spiro atoms. The number of hydrogen-bond donors (Lipinski definition) is 3. The summed E-state index contributed by atoms with van der Waals surface area (Å²) >= 11 is 6.67. The van der Waals surface area contributed by atoms with E-state index in [0.717, 1.165) is 18.4 Å². The summed E-state index contributed by atoms with van der Waals surface area (Å²) < 4.78 is 44.6. The third-order valence-corrected chi connectivity index (χ3v) is 9.83. The molecule has 7 rings (SSSR count). The Morgan fingerprint density at radius 2 is 1.86 bits per heavy atom. The molecule has 2 heterocycles. The number of carbonyl (C=O) groups is 1. The molecule has 0 bridgehead atoms. The zero-order valence-electron chi connectivity index (χ0n) is 23.5. The lowest BCUT2D eigenvalue weighted by Gasteiger charge is -2.36. The fourth-order valence-corrected chi connectivity index (χ4v) is 7.23. The molecule has 0 radical (unpaired) electrons. The monoisotopic (exact) mass is 594 g/mol. The third kappa shape index (κ3) is 4.46. The Morgan fingerprint density at radius 3 is 2.57 bits per heavy atom. The van der Waals surface area contributed by atoms with Gasteiger partial charge in [-0.1, -0.05) is 41.9 Å². The van der Waals surface area contributed by atoms with E-state index < -0.39 is 28.7 Å². The van der Waals surface area contributed by atoms with Gasteiger partial charge in [-0.05, 0) is 50.7 Å². The molecule has 3 N–H and O–H groups in total. The molecule has 9 heteroatoms. The van der Waals surface area contributed by atoms with Crippen molar-refractivity contribution in [1.29, 1.82) is 0 Å². The topological polar surface area (TPSA) is 79.8 Å². The van der Waals surface area contributed by atoms with E-state index in [1.165, 1.54) is 13.1 Å². The molecule has 2 aliphatic heterocycles. The first-order valence-electron chi connectivity index (χ1n) is 14.6. The number of ether oxygens (including phenoxy) is 2. The smallest absolute Gasteiger partial charge is 0.251 e. The van der Waals surface area contributed by atoms with Crippen molar-refractivity contribution < 1.29 is 28.2 Å². The second-order valence-corrected chi connectivity index (χ2v) is 12.8. The first-order chi connectivity index (χ1) is 20.1. The average Bonchev–Trinajstić information content (AvgIpc) is 3.48. The lowest BCUT2D eigenvalue weighted by molar-refractivity contribution is 0.0104. The fraction of sp³-hybridized carbons (Fsp3) is 0.424. The molecule has 6 nitrogen and oxygen atoms in total. The summed E-state index contributed by atoms with van der Waals surface area (Å²) in [5, 5.41) is 16.4. The van der Waals surface area contributed by atoms with Gasteiger partial charge in [0.15, 0.2) is 5.60 Å². The van der Waals surface area contributed by atoms with Gasteiger partial charge in [-0.3, -0.25) is 4.79 Å². The first kappa shape index (κ1) is 27.6. The van der Waals surface area contributed by atoms with Crippen molar-refractivity contribution in [2.24, 2.45) is 0 Å². The summed E-state index contributed by atoms with van der Waals surface area (Å²) in [6.45, 7) is 2.27. The molecule has 2 aliphatic carbocycles. The molecule has 4 aliphatic rings. The quantitative estimate of drug-likeness (QED) is 0.326. The minimum atomic E-state index is -0.930. The van der Waals surface area contributed by atoms with Crippen LogP contribution in [0.25, 0.3) is 11.1 Å². The molecule has 220 valence electrons. The number of halogens is 3. The molecule has 3 aromatic carbocycles. The molecule has 2 fully saturated rings. The summed E-state index contributed by atoms with van der Waals surface area (Å²) in [7, 11) is 1.47. The second kappa shape index (κ2) is 9.93. The van der Waals surface area contributed by atoms with Crippen molar-refractivity contribution in [2.75, 3.05) is 13.6 Å². The Hall–Kier alpha value is -3.20. The number of carbonyl (C=O) groups excluding carboxylic acids is 1. The number of amides is 1. The molecule has 2 unspecified atom stereocenters. The van der Waals surface area contributed by atoms with E-state index in [1.54, 1.807) is 6.07 Å². The van der Waals surface area contributed by atoms with Gasteiger partial charge in [0.2, 0.25) is 0 Å². The van der Waals surface area contributed by atoms with Crippen molar-refractivity contribution >= 4 is 17.5 Å². The number of nitrogens with one attached hydrogen (secondary N) is 2. The maximum Gasteiger partial charge on any atom is 0.251 e. The minimum absolute atomic E-state index is 0.0278. The summed E-state index contributed by atoms with van der Waals surface area (Å²) in [5.41, 5.74) is 0.408. The number of benzene rings is 3. The van der Waals surface area contributed by atoms with Crippen molar-refractivity contribution in [2.45, 2.75) is 74.7 Å². The Bertz CT molecular complexity index is 1590. The van der Waals surface area contributed by atoms with Crippen LogP contribution in [-0.4, -0.2) is 42.4 Å². The van der Waals surface area contributed by atoms with Gasteiger partial charge in [-0.2, -0.15) is 0 Å². The predicted molar refractivity (Wildman–Crippen MR) is 155 cm³/mol. The van der Waals surface area contributed by atoms with Crippen LogP contribution in [0.5, 0.6) is 11.5 Å².